The third kappa shape index (κ3) is 4.88. The highest BCUT2D eigenvalue weighted by Crippen LogP contribution is 2.15. The van der Waals surface area contributed by atoms with E-state index < -0.39 is 5.97 Å². The predicted octanol–water partition coefficient (Wildman–Crippen LogP) is 1.22. The summed E-state index contributed by atoms with van der Waals surface area (Å²) in [5.74, 6) is 1.91. The Bertz CT molecular complexity index is 876. The average Bonchev–Trinajstić information content (AvgIpc) is 2.70. The predicted molar refractivity (Wildman–Crippen MR) is 104 cm³/mol. The van der Waals surface area contributed by atoms with Crippen LogP contribution in [-0.2, 0) is 16.1 Å². The molecule has 0 saturated carbocycles. The van der Waals surface area contributed by atoms with Crippen molar-refractivity contribution in [3.63, 3.8) is 0 Å². The molecule has 8 nitrogen and oxygen atoms in total. The van der Waals surface area contributed by atoms with Crippen LogP contribution in [0.3, 0.4) is 0 Å². The Kier molecular flexibility index (Phi) is 6.12. The van der Waals surface area contributed by atoms with Crippen LogP contribution in [0.1, 0.15) is 10.4 Å². The third-order valence-electron chi connectivity index (χ3n) is 4.07. The van der Waals surface area contributed by atoms with E-state index in [1.807, 2.05) is 11.8 Å². The molecular weight excluding hydrogens is 368 g/mol. The van der Waals surface area contributed by atoms with Crippen LogP contribution >= 0.6 is 11.8 Å². The van der Waals surface area contributed by atoms with Gasteiger partial charge in [-0.05, 0) is 30.3 Å². The lowest BCUT2D eigenvalue weighted by Gasteiger charge is -2.27. The minimum Gasteiger partial charge on any atom is -0.465 e. The number of aromatic nitrogens is 2. The van der Waals surface area contributed by atoms with Gasteiger partial charge in [-0.2, -0.15) is 16.9 Å². The van der Waals surface area contributed by atoms with Crippen LogP contribution in [0.4, 0.5) is 11.5 Å². The first kappa shape index (κ1) is 19.0. The lowest BCUT2D eigenvalue weighted by Crippen LogP contribution is -2.36. The first-order chi connectivity index (χ1) is 13.1. The molecule has 0 aliphatic carbocycles. The van der Waals surface area contributed by atoms with Gasteiger partial charge >= 0.3 is 5.97 Å². The zero-order valence-corrected chi connectivity index (χ0v) is 15.7. The summed E-state index contributed by atoms with van der Waals surface area (Å²) in [5.41, 5.74) is 0.576. The SMILES string of the molecule is COC(=O)c1ccc(NC(=O)Cn2nc(N3CCSCC3)ccc2=O)cc1. The highest BCUT2D eigenvalue weighted by atomic mass is 32.2. The van der Waals surface area contributed by atoms with Crippen molar-refractivity contribution < 1.29 is 14.3 Å². The van der Waals surface area contributed by atoms with Crippen molar-refractivity contribution in [1.29, 1.82) is 0 Å². The highest BCUT2D eigenvalue weighted by Gasteiger charge is 2.15. The van der Waals surface area contributed by atoms with Gasteiger partial charge in [0.1, 0.15) is 12.4 Å². The molecule has 1 aromatic heterocycles. The Labute approximate surface area is 160 Å². The fourth-order valence-electron chi connectivity index (χ4n) is 2.66. The second-order valence-corrected chi connectivity index (χ2v) is 7.13. The zero-order valence-electron chi connectivity index (χ0n) is 14.9. The van der Waals surface area contributed by atoms with Gasteiger partial charge in [0.2, 0.25) is 5.91 Å². The van der Waals surface area contributed by atoms with Crippen LogP contribution in [0.5, 0.6) is 0 Å². The van der Waals surface area contributed by atoms with E-state index in [4.69, 9.17) is 0 Å². The third-order valence-corrected chi connectivity index (χ3v) is 5.01. The molecule has 9 heteroatoms. The summed E-state index contributed by atoms with van der Waals surface area (Å²) >= 11 is 1.89. The molecule has 2 aromatic rings. The quantitative estimate of drug-likeness (QED) is 0.770. The largest absolute Gasteiger partial charge is 0.465 e. The molecule has 1 aliphatic heterocycles. The zero-order chi connectivity index (χ0) is 19.2. The van der Waals surface area contributed by atoms with Gasteiger partial charge < -0.3 is 15.0 Å². The Morgan fingerprint density at radius 2 is 1.85 bits per heavy atom. The van der Waals surface area contributed by atoms with Crippen LogP contribution < -0.4 is 15.8 Å². The smallest absolute Gasteiger partial charge is 0.337 e. The Morgan fingerprint density at radius 3 is 2.52 bits per heavy atom. The fraction of sp³-hybridized carbons (Fsp3) is 0.333. The minimum atomic E-state index is -0.448. The fourth-order valence-corrected chi connectivity index (χ4v) is 3.56. The number of hydrogen-bond acceptors (Lipinski definition) is 7. The second-order valence-electron chi connectivity index (χ2n) is 5.90. The first-order valence-corrected chi connectivity index (χ1v) is 9.61. The molecule has 1 aliphatic rings. The maximum atomic E-state index is 12.3. The van der Waals surface area contributed by atoms with Gasteiger partial charge in [-0.1, -0.05) is 0 Å². The lowest BCUT2D eigenvalue weighted by molar-refractivity contribution is -0.117. The summed E-state index contributed by atoms with van der Waals surface area (Å²) in [6, 6.07) is 9.44. The van der Waals surface area contributed by atoms with E-state index in [1.165, 1.54) is 13.2 Å². The number of nitrogens with zero attached hydrogens (tertiary/aromatic N) is 3. The number of rotatable bonds is 5. The van der Waals surface area contributed by atoms with Gasteiger partial charge in [0.05, 0.1) is 12.7 Å². The maximum absolute atomic E-state index is 12.3. The molecule has 1 aromatic carbocycles. The van der Waals surface area contributed by atoms with E-state index in [0.29, 0.717) is 17.1 Å². The second kappa shape index (κ2) is 8.72. The summed E-state index contributed by atoms with van der Waals surface area (Å²) in [4.78, 5) is 37.9. The van der Waals surface area contributed by atoms with Crippen molar-refractivity contribution in [3.8, 4) is 0 Å². The van der Waals surface area contributed by atoms with E-state index in [9.17, 15) is 14.4 Å². The van der Waals surface area contributed by atoms with E-state index in [-0.39, 0.29) is 18.0 Å². The number of amides is 1. The van der Waals surface area contributed by atoms with E-state index in [1.54, 1.807) is 30.3 Å². The number of nitrogens with one attached hydrogen (secondary N) is 1. The number of hydrogen-bond donors (Lipinski definition) is 1. The summed E-state index contributed by atoms with van der Waals surface area (Å²) < 4.78 is 5.79. The van der Waals surface area contributed by atoms with E-state index in [2.05, 4.69) is 20.1 Å². The summed E-state index contributed by atoms with van der Waals surface area (Å²) in [6.45, 7) is 1.55. The normalized spacial score (nSPS) is 13.9. The number of carbonyl (C=O) groups excluding carboxylic acids is 2. The van der Waals surface area contributed by atoms with Gasteiger partial charge in [-0.25, -0.2) is 9.48 Å². The molecule has 2 heterocycles. The monoisotopic (exact) mass is 388 g/mol. The molecule has 142 valence electrons. The molecule has 0 bridgehead atoms. The molecule has 1 saturated heterocycles. The maximum Gasteiger partial charge on any atom is 0.337 e. The molecule has 3 rings (SSSR count). The van der Waals surface area contributed by atoms with Gasteiger partial charge in [0.25, 0.3) is 5.56 Å². The number of anilines is 2. The van der Waals surface area contributed by atoms with Crippen molar-refractivity contribution in [2.24, 2.45) is 0 Å². The number of thioether (sulfide) groups is 1. The van der Waals surface area contributed by atoms with Crippen LogP contribution in [0.2, 0.25) is 0 Å². The van der Waals surface area contributed by atoms with Gasteiger partial charge in [0.15, 0.2) is 0 Å². The van der Waals surface area contributed by atoms with Gasteiger partial charge in [0, 0.05) is 36.3 Å². The van der Waals surface area contributed by atoms with Gasteiger partial charge in [-0.3, -0.25) is 9.59 Å². The molecule has 0 spiro atoms. The Balaban J connectivity index is 1.66. The standard InChI is InChI=1S/C18H20N4O4S/c1-26-18(25)13-2-4-14(5-3-13)19-16(23)12-22-17(24)7-6-15(20-22)21-8-10-27-11-9-21/h2-7H,8-12H2,1H3,(H,19,23). The van der Waals surface area contributed by atoms with Crippen LogP contribution in [-0.4, -0.2) is 53.4 Å². The van der Waals surface area contributed by atoms with Crippen molar-refractivity contribution in [2.45, 2.75) is 6.54 Å². The van der Waals surface area contributed by atoms with Crippen LogP contribution in [0, 0.1) is 0 Å². The molecule has 1 N–H and O–H groups in total. The van der Waals surface area contributed by atoms with Crippen molar-refractivity contribution in [2.75, 3.05) is 41.9 Å². The number of methoxy groups -OCH3 is 1. The first-order valence-electron chi connectivity index (χ1n) is 8.46. The van der Waals surface area contributed by atoms with E-state index >= 15 is 0 Å². The average molecular weight is 388 g/mol. The summed E-state index contributed by atoms with van der Waals surface area (Å²) in [7, 11) is 1.31. The van der Waals surface area contributed by atoms with Crippen LogP contribution in [0.15, 0.2) is 41.2 Å². The number of esters is 1. The van der Waals surface area contributed by atoms with Crippen molar-refractivity contribution in [1.82, 2.24) is 9.78 Å². The van der Waals surface area contributed by atoms with Gasteiger partial charge in [-0.15, -0.1) is 0 Å². The molecular formula is C18H20N4O4S. The Hall–Kier alpha value is -2.81. The molecule has 1 fully saturated rings. The lowest BCUT2D eigenvalue weighted by atomic mass is 10.2. The van der Waals surface area contributed by atoms with Crippen molar-refractivity contribution >= 4 is 35.1 Å². The summed E-state index contributed by atoms with van der Waals surface area (Å²) in [5, 5.41) is 7.02. The van der Waals surface area contributed by atoms with E-state index in [0.717, 1.165) is 29.3 Å². The minimum absolute atomic E-state index is 0.186. The number of carbonyl (C=O) groups is 2. The topological polar surface area (TPSA) is 93.5 Å². The summed E-state index contributed by atoms with van der Waals surface area (Å²) in [6.07, 6.45) is 0. The Morgan fingerprint density at radius 1 is 1.15 bits per heavy atom. The number of benzene rings is 1. The molecule has 1 amide bonds. The van der Waals surface area contributed by atoms with Crippen molar-refractivity contribution in [3.05, 3.63) is 52.3 Å². The number of ether oxygens (including phenoxy) is 1. The molecule has 0 radical (unpaired) electrons. The molecule has 0 atom stereocenters. The van der Waals surface area contributed by atoms with Crippen LogP contribution in [0.25, 0.3) is 0 Å². The molecule has 0 unspecified atom stereocenters. The molecule has 27 heavy (non-hydrogen) atoms. The highest BCUT2D eigenvalue weighted by molar-refractivity contribution is 7.99.